The van der Waals surface area contributed by atoms with Crippen molar-refractivity contribution in [3.05, 3.63) is 53.1 Å². The van der Waals surface area contributed by atoms with E-state index in [4.69, 9.17) is 14.2 Å². The van der Waals surface area contributed by atoms with Gasteiger partial charge in [0.2, 0.25) is 0 Å². The molecule has 0 fully saturated rings. The van der Waals surface area contributed by atoms with Crippen molar-refractivity contribution in [3.8, 4) is 17.2 Å². The molecule has 0 aromatic heterocycles. The van der Waals surface area contributed by atoms with E-state index in [1.165, 1.54) is 5.56 Å². The van der Waals surface area contributed by atoms with Crippen molar-refractivity contribution >= 4 is 35.8 Å². The molecule has 9 heteroatoms. The monoisotopic (exact) mass is 568 g/mol. The van der Waals surface area contributed by atoms with Gasteiger partial charge in [0.1, 0.15) is 23.4 Å². The molecule has 1 heterocycles. The van der Waals surface area contributed by atoms with Crippen molar-refractivity contribution < 1.29 is 19.0 Å². The van der Waals surface area contributed by atoms with Crippen LogP contribution in [0.1, 0.15) is 35.3 Å². The molecule has 0 radical (unpaired) electrons. The molecule has 1 amide bonds. The highest BCUT2D eigenvalue weighted by molar-refractivity contribution is 14.0. The Bertz CT molecular complexity index is 967. The average molecular weight is 568 g/mol. The Kier molecular flexibility index (Phi) is 10.6. The van der Waals surface area contributed by atoms with Gasteiger partial charge in [-0.25, -0.2) is 0 Å². The minimum atomic E-state index is -0.151. The van der Waals surface area contributed by atoms with Gasteiger partial charge in [-0.15, -0.1) is 24.0 Å². The molecule has 1 atom stereocenters. The number of ether oxygens (including phenoxy) is 3. The van der Waals surface area contributed by atoms with E-state index in [2.05, 4.69) is 33.9 Å². The lowest BCUT2D eigenvalue weighted by Gasteiger charge is -2.16. The quantitative estimate of drug-likeness (QED) is 0.186. The van der Waals surface area contributed by atoms with Gasteiger partial charge in [0.15, 0.2) is 5.96 Å². The predicted octanol–water partition coefficient (Wildman–Crippen LogP) is 3.13. The first-order valence-electron chi connectivity index (χ1n) is 10.9. The van der Waals surface area contributed by atoms with Gasteiger partial charge < -0.3 is 30.2 Å². The maximum absolute atomic E-state index is 12.3. The Morgan fingerprint density at radius 2 is 1.97 bits per heavy atom. The Balaban J connectivity index is 0.00000385. The second-order valence-corrected chi connectivity index (χ2v) is 7.47. The molecular formula is C24H33IN4O4. The maximum atomic E-state index is 12.3. The van der Waals surface area contributed by atoms with Gasteiger partial charge >= 0.3 is 0 Å². The number of aliphatic imine (C=N–C) groups is 1. The largest absolute Gasteiger partial charge is 0.497 e. The van der Waals surface area contributed by atoms with Crippen LogP contribution in [-0.2, 0) is 13.0 Å². The summed E-state index contributed by atoms with van der Waals surface area (Å²) in [4.78, 5) is 16.5. The molecule has 0 saturated carbocycles. The first kappa shape index (κ1) is 26.6. The van der Waals surface area contributed by atoms with Gasteiger partial charge in [0.25, 0.3) is 5.91 Å². The van der Waals surface area contributed by atoms with E-state index in [9.17, 15) is 4.79 Å². The molecule has 1 aliphatic rings. The van der Waals surface area contributed by atoms with Crippen LogP contribution in [0.5, 0.6) is 17.2 Å². The molecule has 0 saturated heterocycles. The number of methoxy groups -OCH3 is 1. The van der Waals surface area contributed by atoms with Crippen LogP contribution in [0.15, 0.2) is 41.4 Å². The smallest absolute Gasteiger partial charge is 0.251 e. The fraction of sp³-hybridized carbons (Fsp3) is 0.417. The van der Waals surface area contributed by atoms with Crippen LogP contribution in [0, 0.1) is 0 Å². The maximum Gasteiger partial charge on any atom is 0.251 e. The zero-order valence-corrected chi connectivity index (χ0v) is 21.9. The second-order valence-electron chi connectivity index (χ2n) is 7.47. The molecule has 33 heavy (non-hydrogen) atoms. The van der Waals surface area contributed by atoms with Crippen molar-refractivity contribution in [2.75, 3.05) is 33.9 Å². The fourth-order valence-corrected chi connectivity index (χ4v) is 3.53. The minimum Gasteiger partial charge on any atom is -0.497 e. The number of guanidine groups is 1. The van der Waals surface area contributed by atoms with Crippen LogP contribution in [0.3, 0.4) is 0 Å². The van der Waals surface area contributed by atoms with Gasteiger partial charge in [-0.1, -0.05) is 6.07 Å². The zero-order chi connectivity index (χ0) is 22.9. The zero-order valence-electron chi connectivity index (χ0n) is 19.6. The standard InChI is InChI=1S/C24H32N4O4.HI/c1-5-31-21-13-18-11-16(2)32-22(18)14-19(21)15-28-24(25-3)27-10-9-26-23(29)17-7-6-8-20(12-17)30-4;/h6-8,12-14,16H,5,9-11,15H2,1-4H3,(H,26,29)(H2,25,27,28);1H. The van der Waals surface area contributed by atoms with Crippen molar-refractivity contribution in [1.29, 1.82) is 0 Å². The average Bonchev–Trinajstić information content (AvgIpc) is 3.17. The summed E-state index contributed by atoms with van der Waals surface area (Å²) in [5, 5.41) is 9.39. The molecule has 3 N–H and O–H groups in total. The van der Waals surface area contributed by atoms with E-state index in [-0.39, 0.29) is 36.0 Å². The van der Waals surface area contributed by atoms with Crippen molar-refractivity contribution in [2.24, 2.45) is 4.99 Å². The lowest BCUT2D eigenvalue weighted by atomic mass is 10.1. The van der Waals surface area contributed by atoms with Gasteiger partial charge in [0, 0.05) is 49.8 Å². The van der Waals surface area contributed by atoms with Crippen LogP contribution in [0.25, 0.3) is 0 Å². The molecule has 0 aliphatic carbocycles. The number of amides is 1. The number of hydrogen-bond donors (Lipinski definition) is 3. The molecule has 3 rings (SSSR count). The van der Waals surface area contributed by atoms with E-state index in [0.717, 1.165) is 23.5 Å². The topological polar surface area (TPSA) is 93.2 Å². The van der Waals surface area contributed by atoms with Crippen molar-refractivity contribution in [1.82, 2.24) is 16.0 Å². The Morgan fingerprint density at radius 1 is 1.18 bits per heavy atom. The summed E-state index contributed by atoms with van der Waals surface area (Å²) in [6, 6.07) is 11.2. The number of benzene rings is 2. The first-order valence-corrected chi connectivity index (χ1v) is 10.9. The Hall–Kier alpha value is -2.69. The number of carbonyl (C=O) groups excluding carboxylic acids is 1. The van der Waals surface area contributed by atoms with Crippen LogP contribution < -0.4 is 30.2 Å². The fourth-order valence-electron chi connectivity index (χ4n) is 3.53. The van der Waals surface area contributed by atoms with E-state index < -0.39 is 0 Å². The van der Waals surface area contributed by atoms with E-state index in [1.807, 2.05) is 13.0 Å². The summed E-state index contributed by atoms with van der Waals surface area (Å²) in [7, 11) is 3.29. The van der Waals surface area contributed by atoms with Gasteiger partial charge in [-0.3, -0.25) is 9.79 Å². The van der Waals surface area contributed by atoms with Crippen molar-refractivity contribution in [3.63, 3.8) is 0 Å². The number of fused-ring (bicyclic) bond motifs is 1. The molecule has 0 spiro atoms. The number of halogens is 1. The highest BCUT2D eigenvalue weighted by atomic mass is 127. The molecule has 1 aliphatic heterocycles. The number of carbonyl (C=O) groups is 1. The van der Waals surface area contributed by atoms with Crippen molar-refractivity contribution in [2.45, 2.75) is 32.9 Å². The van der Waals surface area contributed by atoms with Crippen LogP contribution in [0.2, 0.25) is 0 Å². The van der Waals surface area contributed by atoms with Gasteiger partial charge in [0.05, 0.1) is 13.7 Å². The third kappa shape index (κ3) is 7.41. The van der Waals surface area contributed by atoms with E-state index in [0.29, 0.717) is 43.5 Å². The highest BCUT2D eigenvalue weighted by Gasteiger charge is 2.22. The molecule has 0 bridgehead atoms. The number of rotatable bonds is 9. The molecule has 180 valence electrons. The summed E-state index contributed by atoms with van der Waals surface area (Å²) < 4.78 is 16.9. The van der Waals surface area contributed by atoms with E-state index >= 15 is 0 Å². The Labute approximate surface area is 212 Å². The number of nitrogens with zero attached hydrogens (tertiary/aromatic N) is 1. The highest BCUT2D eigenvalue weighted by Crippen LogP contribution is 2.35. The van der Waals surface area contributed by atoms with Gasteiger partial charge in [-0.05, 0) is 44.2 Å². The molecule has 1 unspecified atom stereocenters. The predicted molar refractivity (Wildman–Crippen MR) is 140 cm³/mol. The van der Waals surface area contributed by atoms with Crippen LogP contribution in [-0.4, -0.2) is 51.8 Å². The molecule has 8 nitrogen and oxygen atoms in total. The SMILES string of the molecule is CCOc1cc2c(cc1CNC(=NC)NCCNC(=O)c1cccc(OC)c1)OC(C)C2.I. The third-order valence-electron chi connectivity index (χ3n) is 5.08. The summed E-state index contributed by atoms with van der Waals surface area (Å²) in [6.07, 6.45) is 1.08. The minimum absolute atomic E-state index is 0. The molecule has 2 aromatic rings. The number of hydrogen-bond acceptors (Lipinski definition) is 5. The van der Waals surface area contributed by atoms with Gasteiger partial charge in [-0.2, -0.15) is 0 Å². The summed E-state index contributed by atoms with van der Waals surface area (Å²) in [5.41, 5.74) is 2.75. The number of nitrogens with one attached hydrogen (secondary N) is 3. The summed E-state index contributed by atoms with van der Waals surface area (Å²) in [6.45, 7) is 6.16. The lowest BCUT2D eigenvalue weighted by Crippen LogP contribution is -2.41. The second kappa shape index (κ2) is 13.1. The first-order chi connectivity index (χ1) is 15.5. The lowest BCUT2D eigenvalue weighted by molar-refractivity contribution is 0.0954. The van der Waals surface area contributed by atoms with E-state index in [1.54, 1.807) is 38.4 Å². The van der Waals surface area contributed by atoms with Crippen LogP contribution in [0.4, 0.5) is 0 Å². The Morgan fingerprint density at radius 3 is 2.70 bits per heavy atom. The summed E-state index contributed by atoms with van der Waals surface area (Å²) >= 11 is 0. The van der Waals surface area contributed by atoms with Crippen LogP contribution >= 0.6 is 24.0 Å². The third-order valence-corrected chi connectivity index (χ3v) is 5.08. The normalized spacial score (nSPS) is 14.4. The molecule has 2 aromatic carbocycles. The molecular weight excluding hydrogens is 535 g/mol. The summed E-state index contributed by atoms with van der Waals surface area (Å²) in [5.74, 6) is 2.91.